The second kappa shape index (κ2) is 10.6. The maximum atomic E-state index is 13.1. The molecule has 0 radical (unpaired) electrons. The molecule has 0 saturated carbocycles. The lowest BCUT2D eigenvalue weighted by Gasteiger charge is -2.09. The van der Waals surface area contributed by atoms with Gasteiger partial charge in [-0.15, -0.1) is 11.0 Å². The zero-order valence-electron chi connectivity index (χ0n) is 19.1. The summed E-state index contributed by atoms with van der Waals surface area (Å²) in [6.45, 7) is 5.26. The molecule has 0 spiro atoms. The van der Waals surface area contributed by atoms with Crippen LogP contribution in [0.1, 0.15) is 44.4 Å². The van der Waals surface area contributed by atoms with Crippen molar-refractivity contribution < 1.29 is 0 Å². The lowest BCUT2D eigenvalue weighted by Crippen LogP contribution is -2.25. The predicted molar refractivity (Wildman–Crippen MR) is 130 cm³/mol. The van der Waals surface area contributed by atoms with Gasteiger partial charge in [-0.2, -0.15) is 0 Å². The number of hydrogen-bond donors (Lipinski definition) is 1. The largest absolute Gasteiger partial charge is 0.328 e. The van der Waals surface area contributed by atoms with Crippen molar-refractivity contribution in [3.8, 4) is 34.4 Å². The number of H-pyrrole nitrogens is 1. The molecule has 4 rings (SSSR count). The Morgan fingerprint density at radius 3 is 2.52 bits per heavy atom. The number of unbranched alkanes of at least 4 members (excludes halogenated alkanes) is 2. The van der Waals surface area contributed by atoms with Crippen molar-refractivity contribution in [3.05, 3.63) is 76.5 Å². The molecule has 0 fully saturated rings. The first-order chi connectivity index (χ1) is 16.2. The minimum absolute atomic E-state index is 0.0336. The molecule has 7 heteroatoms. The van der Waals surface area contributed by atoms with Gasteiger partial charge in [0, 0.05) is 18.3 Å². The van der Waals surface area contributed by atoms with Crippen molar-refractivity contribution in [2.24, 2.45) is 0 Å². The van der Waals surface area contributed by atoms with Gasteiger partial charge in [0.1, 0.15) is 0 Å². The lowest BCUT2D eigenvalue weighted by molar-refractivity contribution is 0.573. The molecule has 168 valence electrons. The number of rotatable bonds is 9. The minimum Gasteiger partial charge on any atom is -0.299 e. The summed E-state index contributed by atoms with van der Waals surface area (Å²) in [5, 5.41) is 14.3. The first kappa shape index (κ1) is 22.3. The highest BCUT2D eigenvalue weighted by Gasteiger charge is 2.13. The Bertz CT molecular complexity index is 1300. The second-order valence-corrected chi connectivity index (χ2v) is 7.99. The lowest BCUT2D eigenvalue weighted by atomic mass is 9.98. The quantitative estimate of drug-likeness (QED) is 0.311. The smallest absolute Gasteiger partial charge is 0.299 e. The number of aryl methyl sites for hydroxylation is 1. The van der Waals surface area contributed by atoms with Crippen LogP contribution >= 0.6 is 0 Å². The van der Waals surface area contributed by atoms with E-state index in [0.29, 0.717) is 18.8 Å². The summed E-state index contributed by atoms with van der Waals surface area (Å²) in [6.07, 6.45) is 5.80. The summed E-state index contributed by atoms with van der Waals surface area (Å²) in [5.41, 5.74) is 5.10. The predicted octanol–water partition coefficient (Wildman–Crippen LogP) is 4.30. The number of imidazole rings is 1. The topological polar surface area (TPSA) is 81.4 Å². The van der Waals surface area contributed by atoms with Crippen molar-refractivity contribution in [1.29, 1.82) is 0 Å². The molecule has 1 N–H and O–H groups in total. The molecule has 7 nitrogen and oxygen atoms in total. The molecule has 33 heavy (non-hydrogen) atoms. The maximum absolute atomic E-state index is 13.1. The minimum atomic E-state index is 0.0336. The fourth-order valence-corrected chi connectivity index (χ4v) is 3.95. The SMILES string of the molecule is CC#CCc1cn(CCCCC)c(=O)n1Cc1ccc(-c2ccccc2-c2nnn[nH]2)cc1. The first-order valence-electron chi connectivity index (χ1n) is 11.3. The Morgan fingerprint density at radius 2 is 1.82 bits per heavy atom. The zero-order chi connectivity index (χ0) is 23.0. The number of nitrogens with zero attached hydrogens (tertiary/aromatic N) is 5. The molecule has 0 saturated heterocycles. The van der Waals surface area contributed by atoms with Crippen LogP contribution < -0.4 is 5.69 Å². The monoisotopic (exact) mass is 440 g/mol. The number of tetrazole rings is 1. The van der Waals surface area contributed by atoms with E-state index in [1.54, 1.807) is 0 Å². The van der Waals surface area contributed by atoms with E-state index in [-0.39, 0.29) is 5.69 Å². The molecule has 0 amide bonds. The summed E-state index contributed by atoms with van der Waals surface area (Å²) >= 11 is 0. The van der Waals surface area contributed by atoms with Gasteiger partial charge in [0.05, 0.1) is 18.7 Å². The Labute approximate surface area is 193 Å². The summed E-state index contributed by atoms with van der Waals surface area (Å²) in [4.78, 5) is 13.1. The van der Waals surface area contributed by atoms with Gasteiger partial charge in [0.15, 0.2) is 5.82 Å². The van der Waals surface area contributed by atoms with E-state index in [0.717, 1.165) is 53.8 Å². The second-order valence-electron chi connectivity index (χ2n) is 7.99. The van der Waals surface area contributed by atoms with Crippen molar-refractivity contribution in [3.63, 3.8) is 0 Å². The number of hydrogen-bond acceptors (Lipinski definition) is 4. The first-order valence-corrected chi connectivity index (χ1v) is 11.3. The molecule has 0 aliphatic heterocycles. The van der Waals surface area contributed by atoms with Gasteiger partial charge in [-0.25, -0.2) is 9.89 Å². The van der Waals surface area contributed by atoms with Crippen molar-refractivity contribution >= 4 is 0 Å². The van der Waals surface area contributed by atoms with Gasteiger partial charge >= 0.3 is 5.69 Å². The van der Waals surface area contributed by atoms with E-state index in [4.69, 9.17) is 0 Å². The molecule has 2 aromatic heterocycles. The summed E-state index contributed by atoms with van der Waals surface area (Å²) < 4.78 is 3.68. The molecular weight excluding hydrogens is 412 g/mol. The number of aromatic amines is 1. The van der Waals surface area contributed by atoms with Crippen molar-refractivity contribution in [2.45, 2.75) is 52.6 Å². The normalized spacial score (nSPS) is 10.7. The summed E-state index contributed by atoms with van der Waals surface area (Å²) in [5.74, 6) is 6.68. The molecule has 2 heterocycles. The highest BCUT2D eigenvalue weighted by Crippen LogP contribution is 2.29. The van der Waals surface area contributed by atoms with Crippen LogP contribution in [0.2, 0.25) is 0 Å². The Kier molecular flexibility index (Phi) is 7.16. The zero-order valence-corrected chi connectivity index (χ0v) is 19.1. The van der Waals surface area contributed by atoms with Crippen molar-refractivity contribution in [1.82, 2.24) is 29.8 Å². The number of aromatic nitrogens is 6. The average molecular weight is 441 g/mol. The van der Waals surface area contributed by atoms with Crippen LogP contribution in [0.3, 0.4) is 0 Å². The highest BCUT2D eigenvalue weighted by atomic mass is 16.1. The molecule has 0 bridgehead atoms. The Balaban J connectivity index is 1.60. The van der Waals surface area contributed by atoms with Crippen LogP contribution in [-0.2, 0) is 19.5 Å². The van der Waals surface area contributed by atoms with Crippen LogP contribution in [0.4, 0.5) is 0 Å². The molecule has 4 aromatic rings. The average Bonchev–Trinajstić information content (AvgIpc) is 3.48. The van der Waals surface area contributed by atoms with Crippen molar-refractivity contribution in [2.75, 3.05) is 0 Å². The third-order valence-electron chi connectivity index (χ3n) is 5.71. The standard InChI is InChI=1S/C26H28N6O/c1-3-5-9-17-31-19-22(10-6-4-2)32(26(31)33)18-20-13-15-21(16-14-20)23-11-7-8-12-24(23)25-27-29-30-28-25/h7-8,11-16,19H,3,5,9-10,17-18H2,1-2H3,(H,27,28,29,30). The summed E-state index contributed by atoms with van der Waals surface area (Å²) in [6, 6.07) is 16.3. The van der Waals surface area contributed by atoms with E-state index >= 15 is 0 Å². The third kappa shape index (κ3) is 5.12. The molecule has 0 aliphatic carbocycles. The number of benzene rings is 2. The van der Waals surface area contributed by atoms with Gasteiger partial charge in [-0.05, 0) is 40.5 Å². The fourth-order valence-electron chi connectivity index (χ4n) is 3.95. The Morgan fingerprint density at radius 1 is 1.03 bits per heavy atom. The van der Waals surface area contributed by atoms with Gasteiger partial charge in [0.25, 0.3) is 0 Å². The molecule has 0 unspecified atom stereocenters. The fraction of sp³-hybridized carbons (Fsp3) is 0.308. The maximum Gasteiger partial charge on any atom is 0.328 e. The van der Waals surface area contributed by atoms with Gasteiger partial charge < -0.3 is 0 Å². The van der Waals surface area contributed by atoms with E-state index in [1.807, 2.05) is 40.5 Å². The van der Waals surface area contributed by atoms with E-state index in [1.165, 1.54) is 0 Å². The molecule has 0 aliphatic rings. The highest BCUT2D eigenvalue weighted by molar-refractivity contribution is 5.80. The Hall–Kier alpha value is -3.92. The number of nitrogens with one attached hydrogen (secondary N) is 1. The molecule has 2 aromatic carbocycles. The van der Waals surface area contributed by atoms with Crippen LogP contribution in [0.5, 0.6) is 0 Å². The van der Waals surface area contributed by atoms with E-state index in [2.05, 4.69) is 69.7 Å². The van der Waals surface area contributed by atoms with Crippen LogP contribution in [0.15, 0.2) is 59.5 Å². The van der Waals surface area contributed by atoms with E-state index in [9.17, 15) is 4.79 Å². The van der Waals surface area contributed by atoms with Crippen LogP contribution in [0, 0.1) is 11.8 Å². The van der Waals surface area contributed by atoms with Crippen LogP contribution in [0.25, 0.3) is 22.5 Å². The summed E-state index contributed by atoms with van der Waals surface area (Å²) in [7, 11) is 0. The van der Waals surface area contributed by atoms with Crippen LogP contribution in [-0.4, -0.2) is 29.8 Å². The van der Waals surface area contributed by atoms with Gasteiger partial charge in [-0.1, -0.05) is 74.2 Å². The van der Waals surface area contributed by atoms with Gasteiger partial charge in [0.2, 0.25) is 0 Å². The van der Waals surface area contributed by atoms with Gasteiger partial charge in [-0.3, -0.25) is 9.13 Å². The molecular formula is C26H28N6O. The third-order valence-corrected chi connectivity index (χ3v) is 5.71. The molecule has 0 atom stereocenters. The van der Waals surface area contributed by atoms with E-state index < -0.39 is 0 Å².